The summed E-state index contributed by atoms with van der Waals surface area (Å²) in [6, 6.07) is 15.0. The Morgan fingerprint density at radius 2 is 1.79 bits per heavy atom. The van der Waals surface area contributed by atoms with Gasteiger partial charge in [0.25, 0.3) is 0 Å². The van der Waals surface area contributed by atoms with Crippen molar-refractivity contribution in [3.8, 4) is 0 Å². The van der Waals surface area contributed by atoms with Crippen molar-refractivity contribution in [1.29, 1.82) is 0 Å². The Morgan fingerprint density at radius 1 is 1.05 bits per heavy atom. The Morgan fingerprint density at radius 3 is 2.58 bits per heavy atom. The number of hydrogen-bond donors (Lipinski definition) is 1. The number of nitrogens with one attached hydrogen (secondary N) is 1. The average molecular weight is 276 g/mol. The zero-order valence-electron chi connectivity index (χ0n) is 11.7. The molecule has 0 fully saturated rings. The molecule has 0 spiro atoms. The van der Waals surface area contributed by atoms with Crippen molar-refractivity contribution in [3.05, 3.63) is 48.0 Å². The van der Waals surface area contributed by atoms with Crippen LogP contribution in [0, 0.1) is 5.41 Å². The third kappa shape index (κ3) is 3.95. The molecular formula is C17H22ClN. The number of halogens is 1. The van der Waals surface area contributed by atoms with Gasteiger partial charge >= 0.3 is 0 Å². The molecule has 0 aliphatic rings. The predicted octanol–water partition coefficient (Wildman–Crippen LogP) is 4.58. The second-order valence-corrected chi connectivity index (χ2v) is 6.22. The van der Waals surface area contributed by atoms with E-state index in [1.807, 2.05) is 0 Å². The molecule has 0 bridgehead atoms. The molecule has 0 aromatic heterocycles. The Labute approximate surface area is 121 Å². The summed E-state index contributed by atoms with van der Waals surface area (Å²) < 4.78 is 0. The monoisotopic (exact) mass is 275 g/mol. The van der Waals surface area contributed by atoms with Crippen molar-refractivity contribution in [2.24, 2.45) is 5.41 Å². The van der Waals surface area contributed by atoms with Crippen molar-refractivity contribution in [1.82, 2.24) is 5.32 Å². The summed E-state index contributed by atoms with van der Waals surface area (Å²) in [4.78, 5) is 0. The largest absolute Gasteiger partial charge is 0.312 e. The van der Waals surface area contributed by atoms with E-state index >= 15 is 0 Å². The van der Waals surface area contributed by atoms with Gasteiger partial charge in [0.15, 0.2) is 0 Å². The normalized spacial score (nSPS) is 11.9. The van der Waals surface area contributed by atoms with Crippen molar-refractivity contribution in [2.75, 3.05) is 12.4 Å². The van der Waals surface area contributed by atoms with Crippen LogP contribution in [-0.4, -0.2) is 12.4 Å². The number of hydrogen-bond acceptors (Lipinski definition) is 1. The van der Waals surface area contributed by atoms with Crippen LogP contribution in [0.2, 0.25) is 0 Å². The van der Waals surface area contributed by atoms with E-state index in [1.54, 1.807) is 0 Å². The van der Waals surface area contributed by atoms with E-state index in [9.17, 15) is 0 Å². The summed E-state index contributed by atoms with van der Waals surface area (Å²) in [6.07, 6.45) is 1.04. The van der Waals surface area contributed by atoms with Gasteiger partial charge in [-0.25, -0.2) is 0 Å². The fraction of sp³-hybridized carbons (Fsp3) is 0.412. The minimum Gasteiger partial charge on any atom is -0.312 e. The molecule has 1 nitrogen and oxygen atoms in total. The quantitative estimate of drug-likeness (QED) is 0.761. The molecule has 0 unspecified atom stereocenters. The molecule has 2 rings (SSSR count). The highest BCUT2D eigenvalue weighted by Gasteiger charge is 2.16. The third-order valence-electron chi connectivity index (χ3n) is 3.57. The van der Waals surface area contributed by atoms with E-state index in [4.69, 9.17) is 11.6 Å². The number of alkyl halides is 1. The predicted molar refractivity (Wildman–Crippen MR) is 84.8 cm³/mol. The first-order chi connectivity index (χ1) is 9.12. The van der Waals surface area contributed by atoms with E-state index in [2.05, 4.69) is 61.6 Å². The molecule has 102 valence electrons. The maximum Gasteiger partial charge on any atom is 0.0229 e. The maximum absolute atomic E-state index is 5.83. The lowest BCUT2D eigenvalue weighted by Crippen LogP contribution is -2.29. The smallest absolute Gasteiger partial charge is 0.0229 e. The maximum atomic E-state index is 5.83. The van der Waals surface area contributed by atoms with Crippen LogP contribution in [0.5, 0.6) is 0 Å². The van der Waals surface area contributed by atoms with E-state index in [0.717, 1.165) is 25.4 Å². The Hall–Kier alpha value is -1.05. The van der Waals surface area contributed by atoms with E-state index in [1.165, 1.54) is 16.3 Å². The van der Waals surface area contributed by atoms with Crippen molar-refractivity contribution in [2.45, 2.75) is 26.8 Å². The van der Waals surface area contributed by atoms with Crippen molar-refractivity contribution < 1.29 is 0 Å². The van der Waals surface area contributed by atoms with Gasteiger partial charge in [-0.2, -0.15) is 0 Å². The van der Waals surface area contributed by atoms with Gasteiger partial charge in [-0.05, 0) is 28.2 Å². The molecule has 0 radical (unpaired) electrons. The molecule has 0 aliphatic carbocycles. The summed E-state index contributed by atoms with van der Waals surface area (Å²) in [5, 5.41) is 6.21. The summed E-state index contributed by atoms with van der Waals surface area (Å²) in [5.74, 6) is 0.725. The molecule has 1 N–H and O–H groups in total. The van der Waals surface area contributed by atoms with Gasteiger partial charge in [0.05, 0.1) is 0 Å². The summed E-state index contributed by atoms with van der Waals surface area (Å²) >= 11 is 5.83. The highest BCUT2D eigenvalue weighted by atomic mass is 35.5. The minimum atomic E-state index is 0.256. The van der Waals surface area contributed by atoms with Crippen LogP contribution in [0.1, 0.15) is 25.8 Å². The molecule has 2 aromatic carbocycles. The number of fused-ring (bicyclic) bond motifs is 1. The van der Waals surface area contributed by atoms with Crippen molar-refractivity contribution in [3.63, 3.8) is 0 Å². The zero-order chi connectivity index (χ0) is 13.7. The average Bonchev–Trinajstić information content (AvgIpc) is 2.39. The lowest BCUT2D eigenvalue weighted by molar-refractivity contribution is 0.330. The van der Waals surface area contributed by atoms with Crippen LogP contribution in [0.4, 0.5) is 0 Å². The highest BCUT2D eigenvalue weighted by Crippen LogP contribution is 2.21. The number of benzene rings is 2. The van der Waals surface area contributed by atoms with E-state index in [-0.39, 0.29) is 5.41 Å². The van der Waals surface area contributed by atoms with E-state index < -0.39 is 0 Å². The van der Waals surface area contributed by atoms with Crippen LogP contribution < -0.4 is 5.32 Å². The first kappa shape index (κ1) is 14.4. The van der Waals surface area contributed by atoms with Gasteiger partial charge in [-0.1, -0.05) is 56.3 Å². The molecule has 0 amide bonds. The Bertz CT molecular complexity index is 528. The Kier molecular flexibility index (Phi) is 4.84. The number of rotatable bonds is 6. The van der Waals surface area contributed by atoms with Crippen LogP contribution in [0.15, 0.2) is 42.5 Å². The molecular weight excluding hydrogens is 254 g/mol. The summed E-state index contributed by atoms with van der Waals surface area (Å²) in [7, 11) is 0. The summed E-state index contributed by atoms with van der Waals surface area (Å²) in [6.45, 7) is 6.41. The fourth-order valence-electron chi connectivity index (χ4n) is 2.33. The van der Waals surface area contributed by atoms with Gasteiger partial charge in [0.2, 0.25) is 0 Å². The fourth-order valence-corrected chi connectivity index (χ4v) is 2.84. The zero-order valence-corrected chi connectivity index (χ0v) is 12.5. The van der Waals surface area contributed by atoms with Gasteiger partial charge in [0.1, 0.15) is 0 Å². The van der Waals surface area contributed by atoms with Crippen LogP contribution in [0.25, 0.3) is 10.8 Å². The van der Waals surface area contributed by atoms with Gasteiger partial charge in [0, 0.05) is 19.0 Å². The third-order valence-corrected chi connectivity index (χ3v) is 3.76. The van der Waals surface area contributed by atoms with Crippen LogP contribution >= 0.6 is 11.6 Å². The molecule has 0 saturated carbocycles. The lowest BCUT2D eigenvalue weighted by Gasteiger charge is -2.24. The molecule has 0 aliphatic heterocycles. The van der Waals surface area contributed by atoms with Gasteiger partial charge in [-0.15, -0.1) is 11.6 Å². The summed E-state index contributed by atoms with van der Waals surface area (Å²) in [5.41, 5.74) is 1.62. The second-order valence-electron chi connectivity index (χ2n) is 5.85. The second kappa shape index (κ2) is 6.40. The van der Waals surface area contributed by atoms with Crippen LogP contribution in [-0.2, 0) is 6.54 Å². The topological polar surface area (TPSA) is 12.0 Å². The molecule has 2 aromatic rings. The van der Waals surface area contributed by atoms with Gasteiger partial charge in [-0.3, -0.25) is 0 Å². The van der Waals surface area contributed by atoms with Crippen LogP contribution in [0.3, 0.4) is 0 Å². The molecule has 0 saturated heterocycles. The van der Waals surface area contributed by atoms with E-state index in [0.29, 0.717) is 0 Å². The molecule has 2 heteroatoms. The molecule has 0 atom stereocenters. The highest BCUT2D eigenvalue weighted by molar-refractivity contribution is 6.17. The molecule has 0 heterocycles. The SMILES string of the molecule is CC(C)(CCCl)CNCc1cccc2ccccc12. The Balaban J connectivity index is 2.02. The molecule has 19 heavy (non-hydrogen) atoms. The first-order valence-corrected chi connectivity index (χ1v) is 7.39. The van der Waals surface area contributed by atoms with Gasteiger partial charge < -0.3 is 5.32 Å². The van der Waals surface area contributed by atoms with Crippen molar-refractivity contribution >= 4 is 22.4 Å². The first-order valence-electron chi connectivity index (χ1n) is 6.86. The minimum absolute atomic E-state index is 0.256. The standard InChI is InChI=1S/C17H22ClN/c1-17(2,10-11-18)13-19-12-15-8-5-7-14-6-3-4-9-16(14)15/h3-9,19H,10-13H2,1-2H3. The lowest BCUT2D eigenvalue weighted by atomic mass is 9.90.